The summed E-state index contributed by atoms with van der Waals surface area (Å²) in [5, 5.41) is 6.73. The van der Waals surface area contributed by atoms with E-state index in [4.69, 9.17) is 0 Å². The predicted molar refractivity (Wildman–Crippen MR) is 132 cm³/mol. The minimum Gasteiger partial charge on any atom is -0.354 e. The topological polar surface area (TPSA) is 109 Å². The van der Waals surface area contributed by atoms with Crippen molar-refractivity contribution in [2.24, 2.45) is 5.92 Å². The molecule has 1 atom stereocenters. The zero-order valence-electron chi connectivity index (χ0n) is 19.4. The number of carbonyl (C=O) groups is 2. The summed E-state index contributed by atoms with van der Waals surface area (Å²) < 4.78 is 1.80. The number of carbonyl (C=O) groups excluding carboxylic acids is 2. The number of rotatable bonds is 8. The van der Waals surface area contributed by atoms with Gasteiger partial charge in [-0.2, -0.15) is 4.98 Å². The largest absolute Gasteiger partial charge is 0.354 e. The fourth-order valence-electron chi connectivity index (χ4n) is 4.70. The van der Waals surface area contributed by atoms with Crippen LogP contribution < -0.4 is 21.1 Å². The average molecular weight is 485 g/mol. The number of aromatic nitrogens is 3. The molecule has 3 aliphatic rings. The number of anilines is 1. The lowest BCUT2D eigenvalue weighted by atomic mass is 9.97. The first-order chi connectivity index (χ1) is 16.6. The van der Waals surface area contributed by atoms with Gasteiger partial charge >= 0.3 is 0 Å². The Morgan fingerprint density at radius 1 is 1.18 bits per heavy atom. The van der Waals surface area contributed by atoms with Gasteiger partial charge in [0, 0.05) is 25.7 Å². The van der Waals surface area contributed by atoms with E-state index in [1.54, 1.807) is 0 Å². The van der Waals surface area contributed by atoms with E-state index in [2.05, 4.69) is 31.6 Å². The van der Waals surface area contributed by atoms with Crippen LogP contribution in [0.15, 0.2) is 22.8 Å². The molecular formula is C24H32N6O3S. The van der Waals surface area contributed by atoms with Gasteiger partial charge in [0.05, 0.1) is 5.92 Å². The van der Waals surface area contributed by atoms with Gasteiger partial charge in [-0.3, -0.25) is 19.0 Å². The molecule has 0 spiro atoms. The molecular weight excluding hydrogens is 452 g/mol. The van der Waals surface area contributed by atoms with E-state index >= 15 is 0 Å². The summed E-state index contributed by atoms with van der Waals surface area (Å²) in [5.74, 6) is -0.122. The van der Waals surface area contributed by atoms with Crippen molar-refractivity contribution < 1.29 is 9.59 Å². The summed E-state index contributed by atoms with van der Waals surface area (Å²) in [6, 6.07) is 0.356. The van der Waals surface area contributed by atoms with E-state index in [1.165, 1.54) is 40.6 Å². The molecule has 1 saturated carbocycles. The van der Waals surface area contributed by atoms with Gasteiger partial charge in [-0.15, -0.1) is 0 Å². The van der Waals surface area contributed by atoms with Crippen LogP contribution in [0.25, 0.3) is 10.3 Å². The number of allylic oxidation sites excluding steroid dienone is 1. The van der Waals surface area contributed by atoms with E-state index < -0.39 is 0 Å². The molecule has 10 heteroatoms. The van der Waals surface area contributed by atoms with E-state index in [9.17, 15) is 14.4 Å². The molecule has 5 rings (SSSR count). The van der Waals surface area contributed by atoms with Crippen LogP contribution in [0.3, 0.4) is 0 Å². The molecule has 0 bridgehead atoms. The minimum atomic E-state index is -0.251. The van der Waals surface area contributed by atoms with Crippen LogP contribution in [0.5, 0.6) is 0 Å². The van der Waals surface area contributed by atoms with E-state index in [1.807, 2.05) is 0 Å². The van der Waals surface area contributed by atoms with Gasteiger partial charge < -0.3 is 15.5 Å². The highest BCUT2D eigenvalue weighted by atomic mass is 32.1. The maximum absolute atomic E-state index is 13.0. The summed E-state index contributed by atoms with van der Waals surface area (Å²) in [6.45, 7) is 1.94. The highest BCUT2D eigenvalue weighted by molar-refractivity contribution is 7.22. The molecule has 0 aromatic carbocycles. The third kappa shape index (κ3) is 5.48. The summed E-state index contributed by atoms with van der Waals surface area (Å²) in [4.78, 5) is 48.9. The van der Waals surface area contributed by atoms with Gasteiger partial charge in [-0.05, 0) is 57.8 Å². The molecule has 0 radical (unpaired) electrons. The van der Waals surface area contributed by atoms with Crippen molar-refractivity contribution in [3.63, 3.8) is 0 Å². The van der Waals surface area contributed by atoms with Crippen molar-refractivity contribution in [2.45, 2.75) is 70.4 Å². The summed E-state index contributed by atoms with van der Waals surface area (Å²) >= 11 is 1.30. The quantitative estimate of drug-likeness (QED) is 0.557. The van der Waals surface area contributed by atoms with Crippen molar-refractivity contribution in [3.8, 4) is 0 Å². The highest BCUT2D eigenvalue weighted by Gasteiger charge is 2.31. The van der Waals surface area contributed by atoms with Crippen LogP contribution in [0.1, 0.15) is 57.8 Å². The Morgan fingerprint density at radius 3 is 2.85 bits per heavy atom. The van der Waals surface area contributed by atoms with Gasteiger partial charge in [0.15, 0.2) is 10.8 Å². The van der Waals surface area contributed by atoms with E-state index in [-0.39, 0.29) is 29.8 Å². The Bertz CT molecular complexity index is 1150. The Morgan fingerprint density at radius 2 is 2.06 bits per heavy atom. The Labute approximate surface area is 202 Å². The monoisotopic (exact) mass is 484 g/mol. The first-order valence-corrected chi connectivity index (χ1v) is 13.2. The summed E-state index contributed by atoms with van der Waals surface area (Å²) in [7, 11) is 0. The van der Waals surface area contributed by atoms with Crippen molar-refractivity contribution >= 4 is 38.6 Å². The number of nitrogens with zero attached hydrogens (tertiary/aromatic N) is 4. The predicted octanol–water partition coefficient (Wildman–Crippen LogP) is 2.35. The van der Waals surface area contributed by atoms with Crippen LogP contribution in [0, 0.1) is 5.92 Å². The SMILES string of the molecule is O=C(Cn1cnc2nc(N3CCC[C@@H](C(=O)NC4CC4)C3)sc2c1=O)NCCC1=CCCCC1. The maximum atomic E-state index is 13.0. The molecule has 9 nitrogen and oxygen atoms in total. The third-order valence-electron chi connectivity index (χ3n) is 6.83. The Kier molecular flexibility index (Phi) is 6.94. The van der Waals surface area contributed by atoms with Gasteiger partial charge in [0.1, 0.15) is 17.6 Å². The molecule has 2 fully saturated rings. The van der Waals surface area contributed by atoms with Crippen LogP contribution in [0.4, 0.5) is 5.13 Å². The molecule has 182 valence electrons. The number of nitrogens with one attached hydrogen (secondary N) is 2. The molecule has 2 aliphatic carbocycles. The fourth-order valence-corrected chi connectivity index (χ4v) is 5.70. The normalized spacial score (nSPS) is 20.8. The first-order valence-electron chi connectivity index (χ1n) is 12.4. The number of amides is 2. The van der Waals surface area contributed by atoms with Crippen molar-refractivity contribution in [2.75, 3.05) is 24.5 Å². The van der Waals surface area contributed by atoms with Gasteiger partial charge in [0.25, 0.3) is 5.56 Å². The molecule has 3 heterocycles. The molecule has 2 amide bonds. The fraction of sp³-hybridized carbons (Fsp3) is 0.625. The van der Waals surface area contributed by atoms with Gasteiger partial charge in [0.2, 0.25) is 11.8 Å². The second-order valence-corrected chi connectivity index (χ2v) is 10.6. The standard InChI is InChI=1S/C24H32N6O3S/c31-19(25-11-10-16-5-2-1-3-6-16)14-30-15-26-21-20(23(30)33)34-24(28-21)29-12-4-7-17(13-29)22(32)27-18-8-9-18/h5,15,17-18H,1-4,6-14H2,(H,25,31)(H,27,32)/t17-/m1/s1. The van der Waals surface area contributed by atoms with Crippen molar-refractivity contribution in [3.05, 3.63) is 28.3 Å². The zero-order valence-corrected chi connectivity index (χ0v) is 20.2. The lowest BCUT2D eigenvalue weighted by molar-refractivity contribution is -0.125. The first kappa shape index (κ1) is 23.0. The van der Waals surface area contributed by atoms with Gasteiger partial charge in [-0.1, -0.05) is 23.0 Å². The van der Waals surface area contributed by atoms with E-state index in [0.29, 0.717) is 34.6 Å². The molecule has 34 heavy (non-hydrogen) atoms. The summed E-state index contributed by atoms with van der Waals surface area (Å²) in [6.07, 6.45) is 13.2. The number of fused-ring (bicyclic) bond motifs is 1. The molecule has 1 aliphatic heterocycles. The van der Waals surface area contributed by atoms with E-state index in [0.717, 1.165) is 51.5 Å². The lowest BCUT2D eigenvalue weighted by Crippen LogP contribution is -2.43. The smallest absolute Gasteiger partial charge is 0.273 e. The molecule has 2 N–H and O–H groups in total. The van der Waals surface area contributed by atoms with Crippen molar-refractivity contribution in [1.29, 1.82) is 0 Å². The van der Waals surface area contributed by atoms with Crippen LogP contribution in [0.2, 0.25) is 0 Å². The molecule has 1 saturated heterocycles. The van der Waals surface area contributed by atoms with Crippen LogP contribution in [-0.2, 0) is 16.1 Å². The number of hydrogen-bond donors (Lipinski definition) is 2. The van der Waals surface area contributed by atoms with Crippen LogP contribution in [-0.4, -0.2) is 52.0 Å². The van der Waals surface area contributed by atoms with Crippen molar-refractivity contribution in [1.82, 2.24) is 25.2 Å². The third-order valence-corrected chi connectivity index (χ3v) is 7.92. The maximum Gasteiger partial charge on any atom is 0.273 e. The number of thiazole rings is 1. The average Bonchev–Trinajstić information content (AvgIpc) is 3.56. The number of hydrogen-bond acceptors (Lipinski definition) is 7. The zero-order chi connectivity index (χ0) is 23.5. The second-order valence-electron chi connectivity index (χ2n) is 9.60. The molecule has 2 aromatic heterocycles. The number of piperidine rings is 1. The summed E-state index contributed by atoms with van der Waals surface area (Å²) in [5.41, 5.74) is 1.56. The highest BCUT2D eigenvalue weighted by Crippen LogP contribution is 2.30. The van der Waals surface area contributed by atoms with Gasteiger partial charge in [-0.25, -0.2) is 4.98 Å². The minimum absolute atomic E-state index is 0.0544. The lowest BCUT2D eigenvalue weighted by Gasteiger charge is -2.31. The Balaban J connectivity index is 1.21. The Hall–Kier alpha value is -2.75. The molecule has 0 unspecified atom stereocenters. The second kappa shape index (κ2) is 10.2. The van der Waals surface area contributed by atoms with Crippen LogP contribution >= 0.6 is 11.3 Å². The molecule has 2 aromatic rings.